The molecule has 0 spiro atoms. The van der Waals surface area contributed by atoms with Crippen molar-refractivity contribution < 1.29 is 9.18 Å². The average Bonchev–Trinajstić information content (AvgIpc) is 2.88. The third-order valence-electron chi connectivity index (χ3n) is 3.96. The van der Waals surface area contributed by atoms with Gasteiger partial charge in [-0.15, -0.1) is 0 Å². The lowest BCUT2D eigenvalue weighted by Crippen LogP contribution is -2.36. The van der Waals surface area contributed by atoms with Crippen LogP contribution in [0.4, 0.5) is 4.39 Å². The van der Waals surface area contributed by atoms with Gasteiger partial charge in [0.2, 0.25) is 5.91 Å². The summed E-state index contributed by atoms with van der Waals surface area (Å²) in [7, 11) is 3.79. The van der Waals surface area contributed by atoms with Crippen LogP contribution < -0.4 is 5.32 Å². The minimum atomic E-state index is -0.287. The van der Waals surface area contributed by atoms with E-state index in [0.717, 1.165) is 24.2 Å². The minimum Gasteiger partial charge on any atom is -0.353 e. The summed E-state index contributed by atoms with van der Waals surface area (Å²) < 4.78 is 15.6. The van der Waals surface area contributed by atoms with Crippen molar-refractivity contribution in [2.24, 2.45) is 0 Å². The Morgan fingerprint density at radius 1 is 1.48 bits per heavy atom. The molecule has 2 rings (SSSR count). The summed E-state index contributed by atoms with van der Waals surface area (Å²) in [5.41, 5.74) is 0.817. The van der Waals surface area contributed by atoms with Gasteiger partial charge in [-0.25, -0.2) is 4.39 Å². The number of aromatic nitrogens is 3. The first-order valence-electron chi connectivity index (χ1n) is 8.25. The highest BCUT2D eigenvalue weighted by molar-refractivity contribution is 7.71. The first-order chi connectivity index (χ1) is 11.9. The van der Waals surface area contributed by atoms with Crippen LogP contribution >= 0.6 is 12.2 Å². The van der Waals surface area contributed by atoms with Crippen LogP contribution in [0.25, 0.3) is 0 Å². The fourth-order valence-electron chi connectivity index (χ4n) is 2.65. The summed E-state index contributed by atoms with van der Waals surface area (Å²) >= 11 is 5.19. The highest BCUT2D eigenvalue weighted by Gasteiger charge is 2.17. The number of hydrogen-bond donors (Lipinski definition) is 2. The Morgan fingerprint density at radius 3 is 2.88 bits per heavy atom. The summed E-state index contributed by atoms with van der Waals surface area (Å²) in [5.74, 6) is 0.333. The highest BCUT2D eigenvalue weighted by Crippen LogP contribution is 2.18. The molecule has 1 amide bonds. The quantitative estimate of drug-likeness (QED) is 0.705. The number of nitrogens with one attached hydrogen (secondary N) is 2. The standard InChI is InChI=1S/C17H24FN5OS/c1-4-6-15-20-21-17(25)23(15)11-16(24)19-10-14(22(2)3)12-7-5-8-13(18)9-12/h5,7-9,14H,4,6,10-11H2,1-3H3,(H,19,24)(H,21,25). The van der Waals surface area contributed by atoms with Crippen LogP contribution in [-0.2, 0) is 17.8 Å². The maximum absolute atomic E-state index is 13.5. The maximum Gasteiger partial charge on any atom is 0.240 e. The number of benzene rings is 1. The molecule has 0 aliphatic heterocycles. The van der Waals surface area contributed by atoms with Crippen molar-refractivity contribution in [3.05, 3.63) is 46.2 Å². The van der Waals surface area contributed by atoms with Crippen LogP contribution in [0, 0.1) is 10.6 Å². The Balaban J connectivity index is 2.02. The minimum absolute atomic E-state index is 0.118. The van der Waals surface area contributed by atoms with Gasteiger partial charge in [0.1, 0.15) is 18.2 Å². The Bertz CT molecular complexity index is 770. The van der Waals surface area contributed by atoms with Crippen LogP contribution in [0.2, 0.25) is 0 Å². The van der Waals surface area contributed by atoms with Gasteiger partial charge in [0, 0.05) is 13.0 Å². The van der Waals surface area contributed by atoms with Gasteiger partial charge in [-0.3, -0.25) is 14.5 Å². The van der Waals surface area contributed by atoms with E-state index in [-0.39, 0.29) is 24.3 Å². The summed E-state index contributed by atoms with van der Waals surface area (Å²) in [6.07, 6.45) is 1.67. The molecule has 25 heavy (non-hydrogen) atoms. The van der Waals surface area contributed by atoms with Gasteiger partial charge in [-0.05, 0) is 50.4 Å². The van der Waals surface area contributed by atoms with Gasteiger partial charge in [0.25, 0.3) is 0 Å². The van der Waals surface area contributed by atoms with E-state index in [1.165, 1.54) is 12.1 Å². The number of amides is 1. The molecule has 0 fully saturated rings. The number of halogens is 1. The van der Waals surface area contributed by atoms with Gasteiger partial charge in [0.15, 0.2) is 4.77 Å². The zero-order valence-electron chi connectivity index (χ0n) is 14.8. The molecule has 0 saturated heterocycles. The largest absolute Gasteiger partial charge is 0.353 e. The molecule has 0 aliphatic carbocycles. The molecule has 1 atom stereocenters. The topological polar surface area (TPSA) is 66.0 Å². The SMILES string of the molecule is CCCc1n[nH]c(=S)n1CC(=O)NCC(c1cccc(F)c1)N(C)C. The number of likely N-dealkylation sites (N-methyl/N-ethyl adjacent to an activating group) is 1. The van der Waals surface area contributed by atoms with E-state index in [0.29, 0.717) is 11.3 Å². The molecule has 2 N–H and O–H groups in total. The van der Waals surface area contributed by atoms with Crippen molar-refractivity contribution in [2.45, 2.75) is 32.4 Å². The molecule has 1 unspecified atom stereocenters. The molecule has 0 bridgehead atoms. The number of carbonyl (C=O) groups excluding carboxylic acids is 1. The first-order valence-corrected chi connectivity index (χ1v) is 8.65. The lowest BCUT2D eigenvalue weighted by molar-refractivity contribution is -0.121. The lowest BCUT2D eigenvalue weighted by Gasteiger charge is -2.25. The Labute approximate surface area is 152 Å². The Hall–Kier alpha value is -2.06. The molecule has 8 heteroatoms. The van der Waals surface area contributed by atoms with Crippen LogP contribution in [-0.4, -0.2) is 46.2 Å². The molecule has 6 nitrogen and oxygen atoms in total. The molecule has 1 aromatic carbocycles. The fraction of sp³-hybridized carbons (Fsp3) is 0.471. The second-order valence-corrected chi connectivity index (χ2v) is 6.51. The number of nitrogens with zero attached hydrogens (tertiary/aromatic N) is 3. The molecule has 1 aromatic heterocycles. The van der Waals surface area contributed by atoms with Crippen molar-refractivity contribution in [1.82, 2.24) is 25.0 Å². The third-order valence-corrected chi connectivity index (χ3v) is 4.27. The summed E-state index contributed by atoms with van der Waals surface area (Å²) in [4.78, 5) is 14.3. The van der Waals surface area contributed by atoms with Crippen LogP contribution in [0.1, 0.15) is 30.8 Å². The lowest BCUT2D eigenvalue weighted by atomic mass is 10.1. The summed E-state index contributed by atoms with van der Waals surface area (Å²) in [6, 6.07) is 6.30. The van der Waals surface area contributed by atoms with Crippen LogP contribution in [0.5, 0.6) is 0 Å². The predicted molar refractivity (Wildman–Crippen MR) is 97.2 cm³/mol. The van der Waals surface area contributed by atoms with Crippen molar-refractivity contribution in [3.63, 3.8) is 0 Å². The Morgan fingerprint density at radius 2 is 2.24 bits per heavy atom. The van der Waals surface area contributed by atoms with Crippen molar-refractivity contribution in [2.75, 3.05) is 20.6 Å². The van der Waals surface area contributed by atoms with E-state index in [2.05, 4.69) is 15.5 Å². The summed E-state index contributed by atoms with van der Waals surface area (Å²) in [6.45, 7) is 2.54. The second kappa shape index (κ2) is 8.87. The molecule has 1 heterocycles. The van der Waals surface area contributed by atoms with E-state index in [1.807, 2.05) is 32.0 Å². The molecular formula is C17H24FN5OS. The fourth-order valence-corrected chi connectivity index (χ4v) is 2.87. The molecule has 0 radical (unpaired) electrons. The highest BCUT2D eigenvalue weighted by atomic mass is 32.1. The monoisotopic (exact) mass is 365 g/mol. The van der Waals surface area contributed by atoms with Crippen LogP contribution in [0.3, 0.4) is 0 Å². The third kappa shape index (κ3) is 5.20. The number of aromatic amines is 1. The molecule has 136 valence electrons. The average molecular weight is 365 g/mol. The van der Waals surface area contributed by atoms with Crippen molar-refractivity contribution in [3.8, 4) is 0 Å². The van der Waals surface area contributed by atoms with E-state index in [9.17, 15) is 9.18 Å². The van der Waals surface area contributed by atoms with Crippen molar-refractivity contribution >= 4 is 18.1 Å². The van der Waals surface area contributed by atoms with E-state index >= 15 is 0 Å². The van der Waals surface area contributed by atoms with Gasteiger partial charge in [-0.1, -0.05) is 19.1 Å². The van der Waals surface area contributed by atoms with Gasteiger partial charge >= 0.3 is 0 Å². The van der Waals surface area contributed by atoms with Crippen molar-refractivity contribution in [1.29, 1.82) is 0 Å². The number of rotatable bonds is 8. The molecule has 2 aromatic rings. The number of hydrogen-bond acceptors (Lipinski definition) is 4. The zero-order valence-corrected chi connectivity index (χ0v) is 15.6. The van der Waals surface area contributed by atoms with Crippen LogP contribution in [0.15, 0.2) is 24.3 Å². The number of H-pyrrole nitrogens is 1. The second-order valence-electron chi connectivity index (χ2n) is 6.12. The molecular weight excluding hydrogens is 341 g/mol. The van der Waals surface area contributed by atoms with E-state index < -0.39 is 0 Å². The van der Waals surface area contributed by atoms with Gasteiger partial charge in [0.05, 0.1) is 6.04 Å². The predicted octanol–water partition coefficient (Wildman–Crippen LogP) is 2.45. The normalized spacial score (nSPS) is 12.4. The zero-order chi connectivity index (χ0) is 18.4. The Kier molecular flexibility index (Phi) is 6.83. The van der Waals surface area contributed by atoms with E-state index in [4.69, 9.17) is 12.2 Å². The number of carbonyl (C=O) groups is 1. The smallest absolute Gasteiger partial charge is 0.240 e. The molecule has 0 aliphatic rings. The van der Waals surface area contributed by atoms with Gasteiger partial charge in [-0.2, -0.15) is 5.10 Å². The molecule has 0 saturated carbocycles. The maximum atomic E-state index is 13.5. The van der Waals surface area contributed by atoms with E-state index in [1.54, 1.807) is 10.6 Å². The first kappa shape index (κ1) is 19.3. The number of aryl methyl sites for hydroxylation is 1. The summed E-state index contributed by atoms with van der Waals surface area (Å²) in [5, 5.41) is 9.79. The van der Waals surface area contributed by atoms with Gasteiger partial charge < -0.3 is 10.2 Å².